The molecule has 0 spiro atoms. The molecule has 124 valence electrons. The van der Waals surface area contributed by atoms with Gasteiger partial charge in [-0.15, -0.1) is 0 Å². The second-order valence-electron chi connectivity index (χ2n) is 4.66. The number of hydrogen-bond donors (Lipinski definition) is 3. The summed E-state index contributed by atoms with van der Waals surface area (Å²) in [5.41, 5.74) is 5.73. The van der Waals surface area contributed by atoms with Crippen LogP contribution in [0.15, 0.2) is 24.3 Å². The molecule has 1 rings (SSSR count). The van der Waals surface area contributed by atoms with Crippen LogP contribution in [0.4, 0.5) is 8.78 Å². The second kappa shape index (κ2) is 7.61. The third kappa shape index (κ3) is 6.04. The molecule has 1 aromatic rings. The van der Waals surface area contributed by atoms with E-state index in [1.54, 1.807) is 12.1 Å². The van der Waals surface area contributed by atoms with Gasteiger partial charge in [0.1, 0.15) is 0 Å². The van der Waals surface area contributed by atoms with Crippen LogP contribution in [0.25, 0.3) is 0 Å². The predicted octanol–water partition coefficient (Wildman–Crippen LogP) is 0.450. The van der Waals surface area contributed by atoms with E-state index in [0.29, 0.717) is 5.56 Å². The van der Waals surface area contributed by atoms with Crippen molar-refractivity contribution in [1.82, 2.24) is 10.0 Å². The molecular weight excluding hydrogens is 316 g/mol. The third-order valence-corrected chi connectivity index (χ3v) is 4.24. The molecule has 0 aromatic heterocycles. The first-order valence-electron chi connectivity index (χ1n) is 6.61. The molecule has 0 unspecified atom stereocenters. The van der Waals surface area contributed by atoms with Gasteiger partial charge in [-0.2, -0.15) is 0 Å². The fourth-order valence-corrected chi connectivity index (χ4v) is 2.04. The Labute approximate surface area is 128 Å². The zero-order valence-corrected chi connectivity index (χ0v) is 12.9. The molecule has 0 aliphatic heterocycles. The highest BCUT2D eigenvalue weighted by molar-refractivity contribution is 7.89. The topological polar surface area (TPSA) is 101 Å². The van der Waals surface area contributed by atoms with Crippen LogP contribution in [0.2, 0.25) is 0 Å². The van der Waals surface area contributed by atoms with Crippen molar-refractivity contribution in [3.8, 4) is 0 Å². The van der Waals surface area contributed by atoms with E-state index >= 15 is 0 Å². The zero-order valence-electron chi connectivity index (χ0n) is 12.1. The summed E-state index contributed by atoms with van der Waals surface area (Å²) in [7, 11) is -3.30. The van der Waals surface area contributed by atoms with Crippen LogP contribution in [-0.4, -0.2) is 39.1 Å². The number of nitrogens with two attached hydrogens (primary N) is 1. The van der Waals surface area contributed by atoms with Crippen LogP contribution in [0, 0.1) is 0 Å². The summed E-state index contributed by atoms with van der Waals surface area (Å²) >= 11 is 0. The van der Waals surface area contributed by atoms with Crippen LogP contribution >= 0.6 is 0 Å². The van der Waals surface area contributed by atoms with E-state index in [-0.39, 0.29) is 17.9 Å². The molecule has 0 fully saturated rings. The van der Waals surface area contributed by atoms with Gasteiger partial charge in [-0.05, 0) is 24.6 Å². The average Bonchev–Trinajstić information content (AvgIpc) is 2.51. The molecule has 0 aliphatic carbocycles. The molecular formula is C13H19F2N3O3S. The summed E-state index contributed by atoms with van der Waals surface area (Å²) < 4.78 is 50.9. The number of rotatable bonds is 8. The highest BCUT2D eigenvalue weighted by Gasteiger charge is 2.27. The molecule has 0 saturated heterocycles. The Bertz CT molecular complexity index is 603. The maximum absolute atomic E-state index is 12.9. The smallest absolute Gasteiger partial charge is 0.277 e. The highest BCUT2D eigenvalue weighted by atomic mass is 32.2. The van der Waals surface area contributed by atoms with E-state index in [9.17, 15) is 22.0 Å². The number of hydrogen-bond acceptors (Lipinski definition) is 4. The summed E-state index contributed by atoms with van der Waals surface area (Å²) in [5.74, 6) is -3.81. The van der Waals surface area contributed by atoms with Gasteiger partial charge in [-0.25, -0.2) is 21.9 Å². The lowest BCUT2D eigenvalue weighted by molar-refractivity contribution is 0.0118. The number of sulfonamides is 1. The fourth-order valence-electron chi connectivity index (χ4n) is 1.45. The van der Waals surface area contributed by atoms with Crippen molar-refractivity contribution in [3.05, 3.63) is 35.4 Å². The minimum Gasteiger partial charge on any atom is -0.346 e. The van der Waals surface area contributed by atoms with Crippen LogP contribution in [0.1, 0.15) is 22.8 Å². The average molecular weight is 335 g/mol. The van der Waals surface area contributed by atoms with Gasteiger partial charge in [0.25, 0.3) is 11.8 Å². The Balaban J connectivity index is 2.59. The molecule has 0 atom stereocenters. The van der Waals surface area contributed by atoms with E-state index in [2.05, 4.69) is 10.0 Å². The molecule has 22 heavy (non-hydrogen) atoms. The van der Waals surface area contributed by atoms with Crippen molar-refractivity contribution in [1.29, 1.82) is 0 Å². The number of carbonyl (C=O) groups is 1. The van der Waals surface area contributed by atoms with E-state index in [1.165, 1.54) is 19.1 Å². The molecule has 4 N–H and O–H groups in total. The highest BCUT2D eigenvalue weighted by Crippen LogP contribution is 2.10. The summed E-state index contributed by atoms with van der Waals surface area (Å²) in [6.45, 7) is -0.0552. The Kier molecular flexibility index (Phi) is 6.39. The number of halogens is 2. The van der Waals surface area contributed by atoms with Crippen LogP contribution < -0.4 is 15.8 Å². The van der Waals surface area contributed by atoms with E-state index in [4.69, 9.17) is 5.73 Å². The Morgan fingerprint density at radius 3 is 2.36 bits per heavy atom. The quantitative estimate of drug-likeness (QED) is 0.642. The van der Waals surface area contributed by atoms with Crippen LogP contribution in [-0.2, 0) is 16.6 Å². The molecule has 0 saturated carbocycles. The predicted molar refractivity (Wildman–Crippen MR) is 79.1 cm³/mol. The lowest BCUT2D eigenvalue weighted by Gasteiger charge is -2.14. The minimum atomic E-state index is -3.30. The summed E-state index contributed by atoms with van der Waals surface area (Å²) in [6.07, 6.45) is 0. The van der Waals surface area contributed by atoms with Gasteiger partial charge < -0.3 is 11.1 Å². The third-order valence-electron chi connectivity index (χ3n) is 2.90. The molecule has 0 aliphatic rings. The normalized spacial score (nSPS) is 12.2. The number of amides is 1. The van der Waals surface area contributed by atoms with Crippen molar-refractivity contribution < 1.29 is 22.0 Å². The van der Waals surface area contributed by atoms with Gasteiger partial charge in [0.05, 0.1) is 18.8 Å². The lowest BCUT2D eigenvalue weighted by atomic mass is 10.1. The fraction of sp³-hybridized carbons (Fsp3) is 0.462. The van der Waals surface area contributed by atoms with Gasteiger partial charge in [0.15, 0.2) is 0 Å². The zero-order chi connectivity index (χ0) is 16.8. The minimum absolute atomic E-state index is 0.0250. The van der Waals surface area contributed by atoms with E-state index in [1.807, 2.05) is 0 Å². The van der Waals surface area contributed by atoms with Gasteiger partial charge in [-0.1, -0.05) is 12.1 Å². The van der Waals surface area contributed by atoms with Crippen molar-refractivity contribution in [2.45, 2.75) is 19.4 Å². The summed E-state index contributed by atoms with van der Waals surface area (Å²) in [6, 6.07) is 5.97. The molecule has 0 heterocycles. The number of alkyl halides is 2. The molecule has 0 radical (unpaired) electrons. The number of benzene rings is 1. The van der Waals surface area contributed by atoms with Gasteiger partial charge in [-0.3, -0.25) is 4.79 Å². The van der Waals surface area contributed by atoms with E-state index in [0.717, 1.165) is 0 Å². The molecule has 1 aromatic carbocycles. The van der Waals surface area contributed by atoms with E-state index < -0.39 is 34.9 Å². The molecule has 6 nitrogen and oxygen atoms in total. The van der Waals surface area contributed by atoms with Crippen LogP contribution in [0.3, 0.4) is 0 Å². The molecule has 0 bridgehead atoms. The SMILES string of the molecule is CCS(=O)(=O)NCc1ccc(C(=O)NCC(F)(F)CN)cc1. The van der Waals surface area contributed by atoms with Crippen molar-refractivity contribution >= 4 is 15.9 Å². The van der Waals surface area contributed by atoms with Crippen molar-refractivity contribution in [2.75, 3.05) is 18.8 Å². The lowest BCUT2D eigenvalue weighted by Crippen LogP contribution is -2.41. The monoisotopic (exact) mass is 335 g/mol. The number of carbonyl (C=O) groups excluding carboxylic acids is 1. The number of nitrogens with one attached hydrogen (secondary N) is 2. The standard InChI is InChI=1S/C13H19F2N3O3S/c1-2-22(20,21)18-7-10-3-5-11(6-4-10)12(19)17-9-13(14,15)8-16/h3-6,18H,2,7-9,16H2,1H3,(H,17,19). The summed E-state index contributed by atoms with van der Waals surface area (Å²) in [5, 5.41) is 2.09. The molecule has 1 amide bonds. The van der Waals surface area contributed by atoms with Gasteiger partial charge in [0.2, 0.25) is 10.0 Å². The Morgan fingerprint density at radius 2 is 1.86 bits per heavy atom. The second-order valence-corrected chi connectivity index (χ2v) is 6.76. The van der Waals surface area contributed by atoms with Crippen molar-refractivity contribution in [2.24, 2.45) is 5.73 Å². The maximum atomic E-state index is 12.9. The maximum Gasteiger partial charge on any atom is 0.277 e. The first-order valence-corrected chi connectivity index (χ1v) is 8.26. The Hall–Kier alpha value is -1.58. The van der Waals surface area contributed by atoms with Crippen LogP contribution in [0.5, 0.6) is 0 Å². The van der Waals surface area contributed by atoms with Crippen molar-refractivity contribution in [3.63, 3.8) is 0 Å². The van der Waals surface area contributed by atoms with Gasteiger partial charge in [0, 0.05) is 12.1 Å². The largest absolute Gasteiger partial charge is 0.346 e. The summed E-state index contributed by atoms with van der Waals surface area (Å²) in [4.78, 5) is 11.7. The van der Waals surface area contributed by atoms with Gasteiger partial charge >= 0.3 is 0 Å². The molecule has 9 heteroatoms. The first-order chi connectivity index (χ1) is 10.2. The first kappa shape index (κ1) is 18.5. The Morgan fingerprint density at radius 1 is 1.27 bits per heavy atom.